The van der Waals surface area contributed by atoms with Gasteiger partial charge in [-0.15, -0.1) is 0 Å². The van der Waals surface area contributed by atoms with E-state index >= 15 is 0 Å². The van der Waals surface area contributed by atoms with Crippen LogP contribution in [0.1, 0.15) is 11.1 Å². The number of carbonyl (C=O) groups excluding carboxylic acids is 1. The Hall–Kier alpha value is -1.30. The third-order valence-electron chi connectivity index (χ3n) is 2.24. The van der Waals surface area contributed by atoms with Crippen molar-refractivity contribution in [3.8, 4) is 0 Å². The Labute approximate surface area is 122 Å². The summed E-state index contributed by atoms with van der Waals surface area (Å²) in [5.74, 6) is -0.0964. The number of carbonyl (C=O) groups is 1. The predicted molar refractivity (Wildman–Crippen MR) is 84.7 cm³/mol. The lowest BCUT2D eigenvalue weighted by atomic mass is 10.3. The maximum Gasteiger partial charge on any atom is 0.168 e. The minimum Gasteiger partial charge on any atom is -0.294 e. The number of hydrogen-bond donors (Lipinski definition) is 0. The van der Waals surface area contributed by atoms with Crippen LogP contribution in [0.25, 0.3) is 12.2 Å². The van der Waals surface area contributed by atoms with E-state index in [0.29, 0.717) is 0 Å². The van der Waals surface area contributed by atoms with Gasteiger partial charge in [0.15, 0.2) is 5.78 Å². The number of allylic oxidation sites excluding steroid dienone is 1. The highest BCUT2D eigenvalue weighted by Crippen LogP contribution is 2.09. The molecule has 0 bridgehead atoms. The summed E-state index contributed by atoms with van der Waals surface area (Å²) in [5, 5.41) is 9.39. The molecule has 0 spiro atoms. The fraction of sp³-hybridized carbons (Fsp3) is 0.0714. The second-order valence-electron chi connectivity index (χ2n) is 3.74. The molecule has 1 unspecified atom stereocenters. The van der Waals surface area contributed by atoms with Crippen LogP contribution in [-0.4, -0.2) is 15.7 Å². The summed E-state index contributed by atoms with van der Waals surface area (Å²) >= 11 is 3.16. The maximum atomic E-state index is 11.7. The summed E-state index contributed by atoms with van der Waals surface area (Å²) in [6.45, 7) is 0. The molecule has 19 heavy (non-hydrogen) atoms. The summed E-state index contributed by atoms with van der Waals surface area (Å²) in [7, 11) is -1.26. The van der Waals surface area contributed by atoms with Gasteiger partial charge in [0.1, 0.15) is 0 Å². The van der Waals surface area contributed by atoms with Crippen molar-refractivity contribution in [1.29, 1.82) is 0 Å². The molecular formula is C14H12O2S3. The van der Waals surface area contributed by atoms with Crippen molar-refractivity contribution in [2.45, 2.75) is 0 Å². The molecule has 0 amide bonds. The highest BCUT2D eigenvalue weighted by atomic mass is 32.2. The van der Waals surface area contributed by atoms with E-state index in [4.69, 9.17) is 0 Å². The van der Waals surface area contributed by atoms with Crippen molar-refractivity contribution in [2.75, 3.05) is 5.75 Å². The first kappa shape index (κ1) is 14.1. The Bertz CT molecular complexity index is 538. The smallest absolute Gasteiger partial charge is 0.168 e. The second-order valence-corrected chi connectivity index (χ2v) is 6.62. The van der Waals surface area contributed by atoms with Crippen molar-refractivity contribution in [2.24, 2.45) is 0 Å². The molecule has 2 heterocycles. The number of thiophene rings is 2. The van der Waals surface area contributed by atoms with Crippen LogP contribution in [0, 0.1) is 0 Å². The molecule has 0 aliphatic heterocycles. The fourth-order valence-electron chi connectivity index (χ4n) is 1.32. The first-order valence-corrected chi connectivity index (χ1v) is 8.81. The van der Waals surface area contributed by atoms with Crippen molar-refractivity contribution < 1.29 is 9.00 Å². The van der Waals surface area contributed by atoms with Crippen molar-refractivity contribution in [3.05, 3.63) is 56.3 Å². The second kappa shape index (κ2) is 7.33. The summed E-state index contributed by atoms with van der Waals surface area (Å²) in [6, 6.07) is 3.87. The maximum absolute atomic E-state index is 11.7. The normalized spacial score (nSPS) is 13.3. The molecule has 5 heteroatoms. The van der Waals surface area contributed by atoms with Crippen LogP contribution in [-0.2, 0) is 15.6 Å². The predicted octanol–water partition coefficient (Wildman–Crippen LogP) is 3.81. The van der Waals surface area contributed by atoms with E-state index in [2.05, 4.69) is 0 Å². The van der Waals surface area contributed by atoms with Crippen molar-refractivity contribution in [3.63, 3.8) is 0 Å². The van der Waals surface area contributed by atoms with Gasteiger partial charge in [-0.1, -0.05) is 6.08 Å². The number of hydrogen-bond acceptors (Lipinski definition) is 4. The first-order valence-electron chi connectivity index (χ1n) is 5.55. The Morgan fingerprint density at radius 1 is 1.11 bits per heavy atom. The molecule has 0 aliphatic carbocycles. The van der Waals surface area contributed by atoms with Crippen LogP contribution in [0.2, 0.25) is 0 Å². The summed E-state index contributed by atoms with van der Waals surface area (Å²) in [4.78, 5) is 11.6. The van der Waals surface area contributed by atoms with Gasteiger partial charge in [-0.05, 0) is 56.9 Å². The van der Waals surface area contributed by atoms with Crippen molar-refractivity contribution in [1.82, 2.24) is 0 Å². The average Bonchev–Trinajstić information content (AvgIpc) is 3.07. The lowest BCUT2D eigenvalue weighted by Gasteiger charge is -1.91. The van der Waals surface area contributed by atoms with E-state index in [-0.39, 0.29) is 11.5 Å². The molecule has 0 aliphatic rings. The van der Waals surface area contributed by atoms with Gasteiger partial charge < -0.3 is 0 Å². The Balaban J connectivity index is 1.83. The van der Waals surface area contributed by atoms with E-state index in [1.165, 1.54) is 6.08 Å². The highest BCUT2D eigenvalue weighted by molar-refractivity contribution is 7.88. The van der Waals surface area contributed by atoms with Crippen LogP contribution in [0.15, 0.2) is 45.1 Å². The summed E-state index contributed by atoms with van der Waals surface area (Å²) < 4.78 is 11.7. The topological polar surface area (TPSA) is 34.1 Å². The minimum absolute atomic E-state index is 0.0290. The van der Waals surface area contributed by atoms with Gasteiger partial charge in [-0.3, -0.25) is 9.00 Å². The summed E-state index contributed by atoms with van der Waals surface area (Å²) in [5.41, 5.74) is 2.01. The molecule has 0 saturated heterocycles. The van der Waals surface area contributed by atoms with Gasteiger partial charge in [0.25, 0.3) is 0 Å². The zero-order chi connectivity index (χ0) is 13.5. The zero-order valence-electron chi connectivity index (χ0n) is 10.0. The van der Waals surface area contributed by atoms with Gasteiger partial charge >= 0.3 is 0 Å². The largest absolute Gasteiger partial charge is 0.294 e. The van der Waals surface area contributed by atoms with Crippen LogP contribution in [0.4, 0.5) is 0 Å². The van der Waals surface area contributed by atoms with Crippen molar-refractivity contribution >= 4 is 51.4 Å². The number of ketones is 1. The quantitative estimate of drug-likeness (QED) is 0.760. The van der Waals surface area contributed by atoms with Gasteiger partial charge in [0.2, 0.25) is 0 Å². The molecule has 0 N–H and O–H groups in total. The standard InChI is InChI=1S/C14H12O2S3/c15-14(2-1-12-3-6-17-9-12)11-19(16)8-5-13-4-7-18-10-13/h1-10H,11H2/b2-1+,8-5+. The van der Waals surface area contributed by atoms with Crippen LogP contribution in [0.3, 0.4) is 0 Å². The fourth-order valence-corrected chi connectivity index (χ4v) is 3.36. The van der Waals surface area contributed by atoms with Gasteiger partial charge in [-0.25, -0.2) is 0 Å². The monoisotopic (exact) mass is 308 g/mol. The van der Waals surface area contributed by atoms with Gasteiger partial charge in [0, 0.05) is 5.41 Å². The van der Waals surface area contributed by atoms with E-state index in [9.17, 15) is 9.00 Å². The molecule has 0 saturated carbocycles. The third-order valence-corrected chi connectivity index (χ3v) is 4.66. The highest BCUT2D eigenvalue weighted by Gasteiger charge is 2.02. The SMILES string of the molecule is O=C(/C=C/c1ccsc1)CS(=O)/C=C/c1ccsc1. The van der Waals surface area contributed by atoms with Crippen LogP contribution < -0.4 is 0 Å². The van der Waals surface area contributed by atoms with Crippen LogP contribution in [0.5, 0.6) is 0 Å². The molecule has 0 radical (unpaired) electrons. The molecular weight excluding hydrogens is 296 g/mol. The lowest BCUT2D eigenvalue weighted by Crippen LogP contribution is -2.04. The molecule has 1 atom stereocenters. The van der Waals surface area contributed by atoms with E-state index in [1.54, 1.807) is 40.2 Å². The van der Waals surface area contributed by atoms with E-state index < -0.39 is 10.8 Å². The van der Waals surface area contributed by atoms with Crippen LogP contribution >= 0.6 is 22.7 Å². The third kappa shape index (κ3) is 5.06. The molecule has 2 aromatic heterocycles. The van der Waals surface area contributed by atoms with Gasteiger partial charge in [0.05, 0.1) is 16.6 Å². The lowest BCUT2D eigenvalue weighted by molar-refractivity contribution is -0.112. The first-order chi connectivity index (χ1) is 9.24. The van der Waals surface area contributed by atoms with E-state index in [0.717, 1.165) is 11.1 Å². The minimum atomic E-state index is -1.26. The Morgan fingerprint density at radius 2 is 1.74 bits per heavy atom. The zero-order valence-corrected chi connectivity index (χ0v) is 12.5. The molecule has 2 aromatic rings. The molecule has 0 aromatic carbocycles. The molecule has 98 valence electrons. The van der Waals surface area contributed by atoms with Gasteiger partial charge in [-0.2, -0.15) is 22.7 Å². The average molecular weight is 308 g/mol. The summed E-state index contributed by atoms with van der Waals surface area (Å²) in [6.07, 6.45) is 5.01. The molecule has 2 rings (SSSR count). The Morgan fingerprint density at radius 3 is 2.32 bits per heavy atom. The molecule has 0 fully saturated rings. The number of rotatable bonds is 6. The molecule has 2 nitrogen and oxygen atoms in total. The Kier molecular flexibility index (Phi) is 5.44. The van der Waals surface area contributed by atoms with E-state index in [1.807, 2.05) is 33.7 Å².